The molecule has 12 nitrogen and oxygen atoms in total. The average molecular weight is 2350 g/mol. The van der Waals surface area contributed by atoms with Crippen molar-refractivity contribution in [3.8, 4) is 152 Å². The summed E-state index contributed by atoms with van der Waals surface area (Å²) in [6.07, 6.45) is 5.68. The molecule has 18 aromatic carbocycles. The number of pyridine rings is 3. The molecule has 0 fully saturated rings. The van der Waals surface area contributed by atoms with E-state index in [0.717, 1.165) is 222 Å². The molecule has 0 radical (unpaired) electrons. The van der Waals surface area contributed by atoms with Crippen LogP contribution in [0.5, 0.6) is 0 Å². The van der Waals surface area contributed by atoms with Crippen molar-refractivity contribution in [3.05, 3.63) is 492 Å². The van der Waals surface area contributed by atoms with Gasteiger partial charge in [-0.2, -0.15) is 0 Å². The Morgan fingerprint density at radius 3 is 0.957 bits per heavy atom. The zero-order chi connectivity index (χ0) is 91.4. The van der Waals surface area contributed by atoms with Gasteiger partial charge < -0.3 is 41.9 Å². The molecule has 672 valence electrons. The molecular weight excluding hydrogens is 2270 g/mol. The van der Waals surface area contributed by atoms with Crippen molar-refractivity contribution in [3.63, 3.8) is 0 Å². The van der Waals surface area contributed by atoms with Crippen LogP contribution in [0.15, 0.2) is 469 Å². The van der Waals surface area contributed by atoms with Crippen LogP contribution in [0.4, 0.5) is 0 Å². The minimum atomic E-state index is 0. The van der Waals surface area contributed by atoms with Crippen molar-refractivity contribution >= 4 is 98.7 Å². The van der Waals surface area contributed by atoms with E-state index in [4.69, 9.17) is 38.2 Å². The molecule has 27 rings (SSSR count). The maximum atomic E-state index is 6.20. The molecular formula is C126H75N9O3Pt3. The Balaban J connectivity index is 0.000000120. The second kappa shape index (κ2) is 39.0. The van der Waals surface area contributed by atoms with Crippen LogP contribution in [0.1, 0.15) is 0 Å². The average Bonchev–Trinajstić information content (AvgIpc) is 1.61. The summed E-state index contributed by atoms with van der Waals surface area (Å²) in [5, 5.41) is 6.69. The molecule has 27 aromatic rings. The molecule has 0 N–H and O–H groups in total. The molecule has 0 aliphatic heterocycles. The number of rotatable bonds is 15. The van der Waals surface area contributed by atoms with Crippen LogP contribution in [0, 0.1) is 36.4 Å². The summed E-state index contributed by atoms with van der Waals surface area (Å²) in [5.74, 6) is 1.63. The molecule has 0 spiro atoms. The van der Waals surface area contributed by atoms with Gasteiger partial charge in [-0.25, -0.2) is 0 Å². The normalized spacial score (nSPS) is 11.2. The molecule has 0 saturated heterocycles. The van der Waals surface area contributed by atoms with Crippen molar-refractivity contribution in [2.75, 3.05) is 0 Å². The second-order valence-electron chi connectivity index (χ2n) is 33.8. The van der Waals surface area contributed by atoms with Gasteiger partial charge >= 0.3 is 63.2 Å². The van der Waals surface area contributed by atoms with Gasteiger partial charge in [-0.1, -0.05) is 352 Å². The third-order valence-corrected chi connectivity index (χ3v) is 25.4. The molecule has 0 aliphatic rings. The van der Waals surface area contributed by atoms with Crippen molar-refractivity contribution in [1.82, 2.24) is 43.6 Å². The zero-order valence-electron chi connectivity index (χ0n) is 75.0. The van der Waals surface area contributed by atoms with E-state index in [2.05, 4.69) is 328 Å². The van der Waals surface area contributed by atoms with Crippen molar-refractivity contribution in [2.24, 2.45) is 0 Å². The third-order valence-electron chi connectivity index (χ3n) is 25.4. The quantitative estimate of drug-likeness (QED) is 0.0921. The van der Waals surface area contributed by atoms with Gasteiger partial charge in [0.25, 0.3) is 0 Å². The van der Waals surface area contributed by atoms with Gasteiger partial charge in [0.15, 0.2) is 0 Å². The molecule has 0 amide bonds. The summed E-state index contributed by atoms with van der Waals surface area (Å²) in [4.78, 5) is 28.7. The van der Waals surface area contributed by atoms with Crippen molar-refractivity contribution < 1.29 is 76.4 Å². The predicted molar refractivity (Wildman–Crippen MR) is 557 cm³/mol. The summed E-state index contributed by atoms with van der Waals surface area (Å²) in [7, 11) is 0. The fourth-order valence-electron chi connectivity index (χ4n) is 18.7. The van der Waals surface area contributed by atoms with Gasteiger partial charge in [-0.3, -0.25) is 15.0 Å². The van der Waals surface area contributed by atoms with Gasteiger partial charge in [-0.15, -0.1) is 132 Å². The Bertz CT molecular complexity index is 9160. The van der Waals surface area contributed by atoms with Crippen LogP contribution in [0.25, 0.3) is 251 Å². The number of nitrogens with zero attached hydrogens (tertiary/aromatic N) is 9. The fourth-order valence-corrected chi connectivity index (χ4v) is 18.7. The number of fused-ring (bicyclic) bond motifs is 12. The largest absolute Gasteiger partial charge is 2.00 e. The second-order valence-corrected chi connectivity index (χ2v) is 33.8. The van der Waals surface area contributed by atoms with Crippen LogP contribution in [0.2, 0.25) is 0 Å². The van der Waals surface area contributed by atoms with Crippen LogP contribution in [-0.2, 0) is 63.2 Å². The molecule has 9 heterocycles. The first kappa shape index (κ1) is 89.5. The van der Waals surface area contributed by atoms with Crippen LogP contribution < -0.4 is 0 Å². The van der Waals surface area contributed by atoms with Gasteiger partial charge in [0.1, 0.15) is 34.4 Å². The summed E-state index contributed by atoms with van der Waals surface area (Å²) < 4.78 is 25.3. The molecule has 0 saturated carbocycles. The van der Waals surface area contributed by atoms with E-state index in [9.17, 15) is 0 Å². The van der Waals surface area contributed by atoms with Gasteiger partial charge in [0, 0.05) is 35.1 Å². The molecule has 141 heavy (non-hydrogen) atoms. The van der Waals surface area contributed by atoms with Gasteiger partial charge in [0.05, 0.1) is 16.6 Å². The van der Waals surface area contributed by atoms with E-state index in [1.54, 1.807) is 0 Å². The van der Waals surface area contributed by atoms with Crippen LogP contribution in [0.3, 0.4) is 0 Å². The van der Waals surface area contributed by atoms with E-state index in [-0.39, 0.29) is 63.2 Å². The van der Waals surface area contributed by atoms with Gasteiger partial charge in [0.2, 0.25) is 0 Å². The first-order valence-electron chi connectivity index (χ1n) is 45.8. The third kappa shape index (κ3) is 17.2. The van der Waals surface area contributed by atoms with Crippen molar-refractivity contribution in [1.29, 1.82) is 0 Å². The number of hydrogen-bond acceptors (Lipinski definition) is 9. The van der Waals surface area contributed by atoms with E-state index in [0.29, 0.717) is 17.7 Å². The maximum Gasteiger partial charge on any atom is 2.00 e. The molecule has 0 atom stereocenters. The Morgan fingerprint density at radius 1 is 0.206 bits per heavy atom. The first-order chi connectivity index (χ1) is 68.4. The summed E-state index contributed by atoms with van der Waals surface area (Å²) in [5.41, 5.74) is 34.6. The Hall–Kier alpha value is -16.7. The Morgan fingerprint density at radius 2 is 0.546 bits per heavy atom. The minimum Gasteiger partial charge on any atom is -0.481 e. The topological polar surface area (TPSA) is 132 Å². The Labute approximate surface area is 855 Å². The summed E-state index contributed by atoms with van der Waals surface area (Å²) >= 11 is 0. The fraction of sp³-hybridized carbons (Fsp3) is 0. The first-order valence-corrected chi connectivity index (χ1v) is 45.8. The number of para-hydroxylation sites is 7. The maximum absolute atomic E-state index is 6.20. The number of aromatic nitrogens is 9. The SMILES string of the molecule is [Pt+2].[Pt+2].[Pt+2].[c-]1c(-c2ccc(-c3ccccc3)cn2)ccc(-c2ccccc2)c1-n1c2[c-]c(-c3nc4ccccc4o3)ccc2c2ccccc21.[c-]1c(-c2ccc(-c3ccccc3)cn2)cccc1-n1c2[c-]c(-c3nc4ccccc4o3)ccc2c2cc(-c3ccccc3)ccc21.[c-]1c(-c2ccccn2)ccc(-c2ccccc2)c1-n1c2[c-]c(-c3nc4ccccc4o3)ccc2c2cc(-c3ccccc3)ccc21. The van der Waals surface area contributed by atoms with E-state index < -0.39 is 0 Å². The molecule has 9 aromatic heterocycles. The predicted octanol–water partition coefficient (Wildman–Crippen LogP) is 31.8. The molecule has 0 aliphatic carbocycles. The monoisotopic (exact) mass is 2350 g/mol. The van der Waals surface area contributed by atoms with Crippen LogP contribution >= 0.6 is 0 Å². The Kier molecular flexibility index (Phi) is 24.8. The molecule has 0 unspecified atom stereocenters. The summed E-state index contributed by atoms with van der Waals surface area (Å²) in [6, 6.07) is 172. The number of benzene rings is 18. The van der Waals surface area contributed by atoms with E-state index >= 15 is 0 Å². The summed E-state index contributed by atoms with van der Waals surface area (Å²) in [6.45, 7) is 0. The van der Waals surface area contributed by atoms with Crippen LogP contribution in [-0.4, -0.2) is 43.6 Å². The smallest absolute Gasteiger partial charge is 0.481 e. The van der Waals surface area contributed by atoms with E-state index in [1.807, 2.05) is 182 Å². The number of oxazole rings is 3. The molecule has 15 heteroatoms. The zero-order valence-corrected chi connectivity index (χ0v) is 81.8. The van der Waals surface area contributed by atoms with E-state index in [1.165, 1.54) is 11.1 Å². The minimum absolute atomic E-state index is 0. The molecule has 0 bridgehead atoms. The van der Waals surface area contributed by atoms with Gasteiger partial charge in [-0.05, 0) is 172 Å². The number of hydrogen-bond donors (Lipinski definition) is 0. The van der Waals surface area contributed by atoms with Crippen molar-refractivity contribution in [2.45, 2.75) is 0 Å². The standard InChI is InChI=1S/3C42H25N3O.3Pt/c1-3-11-28(12-4-1)32-21-24-36(43-27-32)30-19-22-33(29-13-5-2-6-14-29)39(25-30)45-38-17-9-7-15-34(38)35-23-20-31(26-40(35)45)42-44-37-16-8-10-18-41(37)46-42;1-3-11-28(12-4-1)30-20-23-38-35(25-30)34-22-19-32(42-44-37-16-7-8-17-41(37)46-42)27-40(34)45(38)39-26-31(36-15-9-10-24-43-36)18-21-33(39)29-13-5-2-6-14-29;1-3-10-28(11-4-1)30-20-23-39-36(25-30)35-21-18-32(42-44-38-16-7-8-17-41(38)46-42)26-40(35)45(39)34-15-9-14-31(24-34)37-22-19-33(27-43-37)29-12-5-2-6-13-29;;;/h1-24,27H;1-25H;1-23,25,27H;;;/q3*-2;3*+2.